The second-order valence-electron chi connectivity index (χ2n) is 5.35. The SMILES string of the molecule is COCc1cc([N+](=O)[O-])ccc1NC(=O)NCc1ccc(OC)c(O)c1. The Morgan fingerprint density at radius 1 is 1.23 bits per heavy atom. The van der Waals surface area contributed by atoms with Crippen molar-refractivity contribution in [2.45, 2.75) is 13.2 Å². The maximum atomic E-state index is 12.1. The van der Waals surface area contributed by atoms with Gasteiger partial charge in [-0.25, -0.2) is 4.79 Å². The average molecular weight is 361 g/mol. The molecule has 2 rings (SSSR count). The number of nitro groups is 1. The number of aromatic hydroxyl groups is 1. The van der Waals surface area contributed by atoms with E-state index in [1.165, 1.54) is 38.5 Å². The van der Waals surface area contributed by atoms with Gasteiger partial charge < -0.3 is 25.2 Å². The second-order valence-corrected chi connectivity index (χ2v) is 5.35. The molecule has 0 aliphatic carbocycles. The molecule has 2 aromatic rings. The van der Waals surface area contributed by atoms with Gasteiger partial charge in [0.25, 0.3) is 5.69 Å². The number of ether oxygens (including phenoxy) is 2. The normalized spacial score (nSPS) is 10.2. The number of urea groups is 1. The lowest BCUT2D eigenvalue weighted by atomic mass is 10.1. The Hall–Kier alpha value is -3.33. The number of benzene rings is 2. The van der Waals surface area contributed by atoms with Crippen molar-refractivity contribution in [2.75, 3.05) is 19.5 Å². The molecule has 138 valence electrons. The summed E-state index contributed by atoms with van der Waals surface area (Å²) in [6.45, 7) is 0.291. The topological polar surface area (TPSA) is 123 Å². The van der Waals surface area contributed by atoms with Crippen LogP contribution in [-0.2, 0) is 17.9 Å². The molecule has 0 radical (unpaired) electrons. The summed E-state index contributed by atoms with van der Waals surface area (Å²) in [5.74, 6) is 0.318. The molecule has 0 aliphatic heterocycles. The number of methoxy groups -OCH3 is 2. The number of nitrogens with zero attached hydrogens (tertiary/aromatic N) is 1. The van der Waals surface area contributed by atoms with Crippen LogP contribution in [0.1, 0.15) is 11.1 Å². The van der Waals surface area contributed by atoms with Gasteiger partial charge in [-0.15, -0.1) is 0 Å². The van der Waals surface area contributed by atoms with Crippen molar-refractivity contribution >= 4 is 17.4 Å². The van der Waals surface area contributed by atoms with Crippen LogP contribution in [0.4, 0.5) is 16.2 Å². The fraction of sp³-hybridized carbons (Fsp3) is 0.235. The summed E-state index contributed by atoms with van der Waals surface area (Å²) < 4.78 is 9.97. The number of hydrogen-bond donors (Lipinski definition) is 3. The van der Waals surface area contributed by atoms with E-state index in [1.807, 2.05) is 0 Å². The summed E-state index contributed by atoms with van der Waals surface area (Å²) in [7, 11) is 2.90. The number of nitrogens with one attached hydrogen (secondary N) is 2. The first-order valence-corrected chi connectivity index (χ1v) is 7.61. The fourth-order valence-electron chi connectivity index (χ4n) is 2.28. The van der Waals surface area contributed by atoms with E-state index < -0.39 is 11.0 Å². The Morgan fingerprint density at radius 3 is 2.62 bits per heavy atom. The molecule has 0 saturated heterocycles. The number of phenols is 1. The van der Waals surface area contributed by atoms with Gasteiger partial charge >= 0.3 is 6.03 Å². The molecule has 9 heteroatoms. The Bertz CT molecular complexity index is 809. The first kappa shape index (κ1) is 19.0. The van der Waals surface area contributed by atoms with Crippen molar-refractivity contribution < 1.29 is 24.3 Å². The number of amides is 2. The molecule has 0 bridgehead atoms. The highest BCUT2D eigenvalue weighted by molar-refractivity contribution is 5.90. The van der Waals surface area contributed by atoms with Gasteiger partial charge in [0.2, 0.25) is 0 Å². The van der Waals surface area contributed by atoms with Crippen molar-refractivity contribution in [3.05, 3.63) is 57.6 Å². The van der Waals surface area contributed by atoms with Crippen LogP contribution in [0.2, 0.25) is 0 Å². The lowest BCUT2D eigenvalue weighted by Gasteiger charge is -2.12. The van der Waals surface area contributed by atoms with Crippen LogP contribution in [0.15, 0.2) is 36.4 Å². The van der Waals surface area contributed by atoms with Crippen molar-refractivity contribution in [2.24, 2.45) is 0 Å². The highest BCUT2D eigenvalue weighted by atomic mass is 16.6. The van der Waals surface area contributed by atoms with Crippen LogP contribution in [0.25, 0.3) is 0 Å². The highest BCUT2D eigenvalue weighted by Gasteiger charge is 2.13. The maximum Gasteiger partial charge on any atom is 0.319 e. The number of carbonyl (C=O) groups excluding carboxylic acids is 1. The summed E-state index contributed by atoms with van der Waals surface area (Å²) in [4.78, 5) is 22.4. The van der Waals surface area contributed by atoms with Crippen LogP contribution >= 0.6 is 0 Å². The molecule has 0 atom stereocenters. The third-order valence-electron chi connectivity index (χ3n) is 3.54. The van der Waals surface area contributed by atoms with E-state index in [-0.39, 0.29) is 24.6 Å². The Balaban J connectivity index is 2.03. The minimum Gasteiger partial charge on any atom is -0.504 e. The smallest absolute Gasteiger partial charge is 0.319 e. The van der Waals surface area contributed by atoms with Crippen LogP contribution in [-0.4, -0.2) is 30.3 Å². The highest BCUT2D eigenvalue weighted by Crippen LogP contribution is 2.26. The lowest BCUT2D eigenvalue weighted by Crippen LogP contribution is -2.28. The van der Waals surface area contributed by atoms with Crippen LogP contribution in [0.5, 0.6) is 11.5 Å². The molecule has 3 N–H and O–H groups in total. The van der Waals surface area contributed by atoms with E-state index in [4.69, 9.17) is 9.47 Å². The molecule has 2 amide bonds. The van der Waals surface area contributed by atoms with Crippen LogP contribution in [0, 0.1) is 10.1 Å². The molecule has 0 unspecified atom stereocenters. The largest absolute Gasteiger partial charge is 0.504 e. The molecule has 26 heavy (non-hydrogen) atoms. The summed E-state index contributed by atoms with van der Waals surface area (Å²) in [5, 5.41) is 25.9. The standard InChI is InChI=1S/C17H19N3O6/c1-25-10-12-8-13(20(23)24)4-5-14(12)19-17(22)18-9-11-3-6-16(26-2)15(21)7-11/h3-8,21H,9-10H2,1-2H3,(H2,18,19,22). The van der Waals surface area contributed by atoms with Crippen molar-refractivity contribution in [3.8, 4) is 11.5 Å². The number of phenolic OH excluding ortho intramolecular Hbond substituents is 1. The maximum absolute atomic E-state index is 12.1. The summed E-state index contributed by atoms with van der Waals surface area (Å²) in [6, 6.07) is 8.40. The number of anilines is 1. The Kier molecular flexibility index (Phi) is 6.34. The summed E-state index contributed by atoms with van der Waals surface area (Å²) in [5.41, 5.74) is 1.49. The van der Waals surface area contributed by atoms with Gasteiger partial charge in [0.15, 0.2) is 11.5 Å². The zero-order chi connectivity index (χ0) is 19.1. The Labute approximate surface area is 149 Å². The molecule has 0 saturated carbocycles. The molecule has 0 heterocycles. The molecule has 0 spiro atoms. The third-order valence-corrected chi connectivity index (χ3v) is 3.54. The molecular weight excluding hydrogens is 342 g/mol. The zero-order valence-corrected chi connectivity index (χ0v) is 14.3. The van der Waals surface area contributed by atoms with Crippen molar-refractivity contribution in [3.63, 3.8) is 0 Å². The van der Waals surface area contributed by atoms with Gasteiger partial charge in [-0.3, -0.25) is 10.1 Å². The fourth-order valence-corrected chi connectivity index (χ4v) is 2.28. The number of carbonyl (C=O) groups is 1. The molecule has 0 aliphatic rings. The molecule has 2 aromatic carbocycles. The monoisotopic (exact) mass is 361 g/mol. The first-order valence-electron chi connectivity index (χ1n) is 7.61. The number of hydrogen-bond acceptors (Lipinski definition) is 6. The first-order chi connectivity index (χ1) is 12.4. The molecule has 0 fully saturated rings. The van der Waals surface area contributed by atoms with Gasteiger partial charge in [-0.05, 0) is 23.8 Å². The van der Waals surface area contributed by atoms with E-state index in [0.29, 0.717) is 22.6 Å². The van der Waals surface area contributed by atoms with E-state index in [1.54, 1.807) is 12.1 Å². The van der Waals surface area contributed by atoms with Crippen LogP contribution in [0.3, 0.4) is 0 Å². The van der Waals surface area contributed by atoms with Gasteiger partial charge in [0.05, 0.1) is 18.6 Å². The number of non-ortho nitro benzene ring substituents is 1. The van der Waals surface area contributed by atoms with E-state index in [9.17, 15) is 20.0 Å². The number of rotatable bonds is 7. The minimum absolute atomic E-state index is 0.0232. The van der Waals surface area contributed by atoms with E-state index in [2.05, 4.69) is 10.6 Å². The van der Waals surface area contributed by atoms with Gasteiger partial charge in [-0.2, -0.15) is 0 Å². The summed E-state index contributed by atoms with van der Waals surface area (Å²) in [6.07, 6.45) is 0. The second kappa shape index (κ2) is 8.67. The van der Waals surface area contributed by atoms with Crippen molar-refractivity contribution in [1.29, 1.82) is 0 Å². The van der Waals surface area contributed by atoms with Gasteiger partial charge in [0, 0.05) is 37.0 Å². The molecule has 0 aromatic heterocycles. The average Bonchev–Trinajstić information content (AvgIpc) is 2.61. The zero-order valence-electron chi connectivity index (χ0n) is 14.3. The lowest BCUT2D eigenvalue weighted by molar-refractivity contribution is -0.384. The third kappa shape index (κ3) is 4.84. The summed E-state index contributed by atoms with van der Waals surface area (Å²) >= 11 is 0. The molecular formula is C17H19N3O6. The number of nitro benzene ring substituents is 1. The van der Waals surface area contributed by atoms with Gasteiger partial charge in [0.1, 0.15) is 0 Å². The van der Waals surface area contributed by atoms with Gasteiger partial charge in [-0.1, -0.05) is 6.07 Å². The van der Waals surface area contributed by atoms with Crippen LogP contribution < -0.4 is 15.4 Å². The predicted octanol–water partition coefficient (Wildman–Crippen LogP) is 2.78. The predicted molar refractivity (Wildman–Crippen MR) is 94.3 cm³/mol. The van der Waals surface area contributed by atoms with E-state index in [0.717, 1.165) is 0 Å². The minimum atomic E-state index is -0.515. The molecule has 9 nitrogen and oxygen atoms in total. The van der Waals surface area contributed by atoms with E-state index >= 15 is 0 Å². The Morgan fingerprint density at radius 2 is 2.00 bits per heavy atom. The van der Waals surface area contributed by atoms with Crippen molar-refractivity contribution in [1.82, 2.24) is 5.32 Å². The quantitative estimate of drug-likeness (QED) is 0.515.